The number of nitrogens with zero attached hydrogens (tertiary/aromatic N) is 3. The van der Waals surface area contributed by atoms with Crippen molar-refractivity contribution in [2.75, 3.05) is 0 Å². The minimum Gasteiger partial charge on any atom is -0.270 e. The van der Waals surface area contributed by atoms with Crippen LogP contribution < -0.4 is 0 Å². The zero-order valence-corrected chi connectivity index (χ0v) is 21.7. The largest absolute Gasteiger partial charge is 0.270 e. The molecule has 0 atom stereocenters. The lowest BCUT2D eigenvalue weighted by Gasteiger charge is -2.22. The molecular formula is C28H30ClN3S. The maximum atomic E-state index is 6.12. The lowest BCUT2D eigenvalue weighted by atomic mass is 9.84. The lowest BCUT2D eigenvalue weighted by molar-refractivity contribution is 0.589. The Labute approximate surface area is 206 Å². The van der Waals surface area contributed by atoms with Crippen molar-refractivity contribution >= 4 is 23.4 Å². The first kappa shape index (κ1) is 23.6. The monoisotopic (exact) mass is 475 g/mol. The van der Waals surface area contributed by atoms with Crippen molar-refractivity contribution in [1.82, 2.24) is 14.8 Å². The summed E-state index contributed by atoms with van der Waals surface area (Å²) >= 11 is 7.85. The van der Waals surface area contributed by atoms with Gasteiger partial charge in [-0.15, -0.1) is 10.2 Å². The molecule has 0 amide bonds. The number of hydrogen-bond donors (Lipinski definition) is 0. The molecule has 0 aliphatic heterocycles. The van der Waals surface area contributed by atoms with E-state index >= 15 is 0 Å². The Morgan fingerprint density at radius 3 is 2.15 bits per heavy atom. The Balaban J connectivity index is 1.72. The van der Waals surface area contributed by atoms with Crippen LogP contribution in [0.25, 0.3) is 17.1 Å². The Kier molecular flexibility index (Phi) is 6.69. The van der Waals surface area contributed by atoms with Crippen molar-refractivity contribution < 1.29 is 0 Å². The second-order valence-corrected chi connectivity index (χ2v) is 11.0. The van der Waals surface area contributed by atoms with Crippen molar-refractivity contribution in [3.63, 3.8) is 0 Å². The summed E-state index contributed by atoms with van der Waals surface area (Å²) in [4.78, 5) is 0. The van der Waals surface area contributed by atoms with Crippen LogP contribution >= 0.6 is 23.4 Å². The van der Waals surface area contributed by atoms with Gasteiger partial charge in [0, 0.05) is 22.0 Å². The van der Waals surface area contributed by atoms with Gasteiger partial charge in [-0.25, -0.2) is 0 Å². The van der Waals surface area contributed by atoms with Crippen LogP contribution in [0, 0.1) is 20.8 Å². The third-order valence-electron chi connectivity index (χ3n) is 5.90. The highest BCUT2D eigenvalue weighted by molar-refractivity contribution is 7.98. The van der Waals surface area contributed by atoms with E-state index in [0.717, 1.165) is 28.0 Å². The normalized spacial score (nSPS) is 11.7. The summed E-state index contributed by atoms with van der Waals surface area (Å²) in [5.74, 6) is 1.66. The molecule has 0 bridgehead atoms. The molecule has 170 valence electrons. The van der Waals surface area contributed by atoms with Crippen molar-refractivity contribution in [3.05, 3.63) is 93.5 Å². The molecule has 33 heavy (non-hydrogen) atoms. The smallest absolute Gasteiger partial charge is 0.196 e. The van der Waals surface area contributed by atoms with Gasteiger partial charge in [-0.3, -0.25) is 4.57 Å². The number of rotatable bonds is 5. The molecule has 0 N–H and O–H groups in total. The maximum Gasteiger partial charge on any atom is 0.196 e. The summed E-state index contributed by atoms with van der Waals surface area (Å²) in [7, 11) is 0. The van der Waals surface area contributed by atoms with Crippen LogP contribution in [0.5, 0.6) is 0 Å². The van der Waals surface area contributed by atoms with Gasteiger partial charge in [-0.1, -0.05) is 68.4 Å². The van der Waals surface area contributed by atoms with Gasteiger partial charge in [0.2, 0.25) is 0 Å². The number of halogens is 1. The molecule has 0 unspecified atom stereocenters. The van der Waals surface area contributed by atoms with Crippen LogP contribution in [-0.4, -0.2) is 14.8 Å². The van der Waals surface area contributed by atoms with Crippen molar-refractivity contribution in [1.29, 1.82) is 0 Å². The van der Waals surface area contributed by atoms with E-state index in [0.29, 0.717) is 5.02 Å². The zero-order valence-electron chi connectivity index (χ0n) is 20.1. The fraction of sp³-hybridized carbons (Fsp3) is 0.286. The van der Waals surface area contributed by atoms with E-state index in [1.165, 1.54) is 27.8 Å². The maximum absolute atomic E-state index is 6.12. The SMILES string of the molecule is Cc1cccc(-n2c(SCc3c(C)cc(C(C)(C)C)cc3C)nnc2-c2ccc(Cl)cc2)c1. The van der Waals surface area contributed by atoms with Crippen molar-refractivity contribution in [2.45, 2.75) is 57.9 Å². The van der Waals surface area contributed by atoms with Crippen LogP contribution in [0.2, 0.25) is 5.02 Å². The summed E-state index contributed by atoms with van der Waals surface area (Å²) in [6.07, 6.45) is 0. The molecule has 0 aliphatic rings. The molecule has 1 heterocycles. The average Bonchev–Trinajstić information content (AvgIpc) is 3.17. The van der Waals surface area contributed by atoms with E-state index in [4.69, 9.17) is 11.6 Å². The van der Waals surface area contributed by atoms with Crippen LogP contribution in [0.1, 0.15) is 48.6 Å². The summed E-state index contributed by atoms with van der Waals surface area (Å²) in [6.45, 7) is 13.3. The van der Waals surface area contributed by atoms with E-state index in [1.54, 1.807) is 11.8 Å². The Morgan fingerprint density at radius 2 is 1.55 bits per heavy atom. The Hall–Kier alpha value is -2.56. The highest BCUT2D eigenvalue weighted by Gasteiger charge is 2.19. The fourth-order valence-corrected chi connectivity index (χ4v) is 5.21. The van der Waals surface area contributed by atoms with Crippen LogP contribution in [-0.2, 0) is 11.2 Å². The summed E-state index contributed by atoms with van der Waals surface area (Å²) in [5, 5.41) is 10.8. The van der Waals surface area contributed by atoms with E-state index < -0.39 is 0 Å². The minimum atomic E-state index is 0.139. The van der Waals surface area contributed by atoms with Gasteiger partial charge in [-0.05, 0) is 90.4 Å². The van der Waals surface area contributed by atoms with Gasteiger partial charge in [0.05, 0.1) is 0 Å². The van der Waals surface area contributed by atoms with Gasteiger partial charge in [0.1, 0.15) is 0 Å². The van der Waals surface area contributed by atoms with Crippen LogP contribution in [0.3, 0.4) is 0 Å². The molecule has 3 aromatic carbocycles. The van der Waals surface area contributed by atoms with Crippen molar-refractivity contribution in [2.24, 2.45) is 0 Å². The minimum absolute atomic E-state index is 0.139. The van der Waals surface area contributed by atoms with E-state index in [1.807, 2.05) is 24.3 Å². The summed E-state index contributed by atoms with van der Waals surface area (Å²) in [6, 6.07) is 20.9. The third-order valence-corrected chi connectivity index (χ3v) is 7.11. The summed E-state index contributed by atoms with van der Waals surface area (Å²) < 4.78 is 2.15. The molecule has 1 aromatic heterocycles. The number of thioether (sulfide) groups is 1. The second kappa shape index (κ2) is 9.36. The van der Waals surface area contributed by atoms with Gasteiger partial charge in [0.25, 0.3) is 0 Å². The molecule has 0 saturated carbocycles. The first-order valence-corrected chi connectivity index (χ1v) is 12.5. The van der Waals surface area contributed by atoms with E-state index in [9.17, 15) is 0 Å². The van der Waals surface area contributed by atoms with E-state index in [2.05, 4.69) is 92.7 Å². The molecule has 0 saturated heterocycles. The number of benzene rings is 3. The topological polar surface area (TPSA) is 30.7 Å². The highest BCUT2D eigenvalue weighted by atomic mass is 35.5. The molecule has 0 radical (unpaired) electrons. The van der Waals surface area contributed by atoms with Crippen molar-refractivity contribution in [3.8, 4) is 17.1 Å². The number of aryl methyl sites for hydroxylation is 3. The first-order chi connectivity index (χ1) is 15.6. The predicted octanol–water partition coefficient (Wildman–Crippen LogP) is 8.10. The Bertz CT molecular complexity index is 1260. The van der Waals surface area contributed by atoms with Gasteiger partial charge >= 0.3 is 0 Å². The first-order valence-electron chi connectivity index (χ1n) is 11.2. The zero-order chi connectivity index (χ0) is 23.8. The lowest BCUT2D eigenvalue weighted by Crippen LogP contribution is -2.12. The average molecular weight is 476 g/mol. The fourth-order valence-electron chi connectivity index (χ4n) is 3.94. The molecular weight excluding hydrogens is 446 g/mol. The predicted molar refractivity (Wildman–Crippen MR) is 141 cm³/mol. The molecule has 3 nitrogen and oxygen atoms in total. The van der Waals surface area contributed by atoms with E-state index in [-0.39, 0.29) is 5.41 Å². The van der Waals surface area contributed by atoms with Crippen LogP contribution in [0.4, 0.5) is 0 Å². The molecule has 4 rings (SSSR count). The second-order valence-electron chi connectivity index (χ2n) is 9.61. The molecule has 0 fully saturated rings. The molecule has 0 spiro atoms. The molecule has 0 aliphatic carbocycles. The summed E-state index contributed by atoms with van der Waals surface area (Å²) in [5.41, 5.74) is 8.77. The Morgan fingerprint density at radius 1 is 0.879 bits per heavy atom. The van der Waals surface area contributed by atoms with Gasteiger partial charge in [-0.2, -0.15) is 0 Å². The van der Waals surface area contributed by atoms with Gasteiger partial charge < -0.3 is 0 Å². The number of hydrogen-bond acceptors (Lipinski definition) is 3. The standard InChI is InChI=1S/C28H30ClN3S/c1-18-8-7-9-24(14-18)32-26(21-10-12-23(29)13-11-21)30-31-27(32)33-17-25-19(2)15-22(16-20(25)3)28(4,5)6/h7-16H,17H2,1-6H3. The van der Waals surface area contributed by atoms with Crippen LogP contribution in [0.15, 0.2) is 65.8 Å². The van der Waals surface area contributed by atoms with Gasteiger partial charge in [0.15, 0.2) is 11.0 Å². The highest BCUT2D eigenvalue weighted by Crippen LogP contribution is 2.33. The third kappa shape index (κ3) is 5.18. The molecule has 5 heteroatoms. The number of aromatic nitrogens is 3. The molecule has 4 aromatic rings. The quantitative estimate of drug-likeness (QED) is 0.273.